The predicted molar refractivity (Wildman–Crippen MR) is 63.4 cm³/mol. The maximum atomic E-state index is 9.30. The third-order valence-electron chi connectivity index (χ3n) is 2.30. The van der Waals surface area contributed by atoms with Crippen LogP contribution in [0.2, 0.25) is 0 Å². The normalized spacial score (nSPS) is 13.2. The van der Waals surface area contributed by atoms with Crippen molar-refractivity contribution in [1.29, 1.82) is 0 Å². The number of halogens is 1. The molecule has 0 aliphatic rings. The predicted octanol–water partition coefficient (Wildman–Crippen LogP) is 3.57. The quantitative estimate of drug-likeness (QED) is 0.874. The molecule has 2 heteroatoms. The van der Waals surface area contributed by atoms with Crippen molar-refractivity contribution in [1.82, 2.24) is 0 Å². The van der Waals surface area contributed by atoms with Crippen LogP contribution in [-0.4, -0.2) is 11.7 Å². The minimum atomic E-state index is 0.231. The molecule has 0 radical (unpaired) electrons. The fourth-order valence-corrected chi connectivity index (χ4v) is 2.06. The van der Waals surface area contributed by atoms with Gasteiger partial charge in [-0.1, -0.05) is 41.9 Å². The molecule has 1 N–H and O–H groups in total. The van der Waals surface area contributed by atoms with Crippen LogP contribution in [0.1, 0.15) is 31.7 Å². The van der Waals surface area contributed by atoms with Crippen LogP contribution >= 0.6 is 15.9 Å². The molecule has 0 saturated carbocycles. The van der Waals surface area contributed by atoms with Gasteiger partial charge in [0, 0.05) is 17.0 Å². The molecule has 0 saturated heterocycles. The summed E-state index contributed by atoms with van der Waals surface area (Å²) in [5.74, 6) is 0.888. The van der Waals surface area contributed by atoms with Gasteiger partial charge in [0.15, 0.2) is 0 Å². The lowest BCUT2D eigenvalue weighted by molar-refractivity contribution is 0.249. The van der Waals surface area contributed by atoms with Crippen LogP contribution in [0, 0.1) is 5.92 Å². The molecular formula is C12H17BrO. The van der Waals surface area contributed by atoms with Gasteiger partial charge < -0.3 is 5.11 Å². The Morgan fingerprint density at radius 1 is 1.36 bits per heavy atom. The van der Waals surface area contributed by atoms with Gasteiger partial charge in [-0.25, -0.2) is 0 Å². The van der Waals surface area contributed by atoms with E-state index < -0.39 is 0 Å². The summed E-state index contributed by atoms with van der Waals surface area (Å²) in [6.45, 7) is 4.59. The van der Waals surface area contributed by atoms with Gasteiger partial charge in [0.05, 0.1) is 0 Å². The summed E-state index contributed by atoms with van der Waals surface area (Å²) in [6.07, 6.45) is 1.03. The topological polar surface area (TPSA) is 20.2 Å². The molecule has 0 fully saturated rings. The summed E-state index contributed by atoms with van der Waals surface area (Å²) in [6, 6.07) is 8.19. The summed E-state index contributed by atoms with van der Waals surface area (Å²) < 4.78 is 1.08. The Balaban J connectivity index is 2.78. The van der Waals surface area contributed by atoms with Gasteiger partial charge in [-0.15, -0.1) is 0 Å². The molecule has 14 heavy (non-hydrogen) atoms. The first-order valence-electron chi connectivity index (χ1n) is 4.99. The van der Waals surface area contributed by atoms with Crippen molar-refractivity contribution in [3.63, 3.8) is 0 Å². The van der Waals surface area contributed by atoms with E-state index in [-0.39, 0.29) is 12.5 Å². The lowest BCUT2D eigenvalue weighted by atomic mass is 9.91. The van der Waals surface area contributed by atoms with E-state index >= 15 is 0 Å². The van der Waals surface area contributed by atoms with E-state index in [9.17, 15) is 5.11 Å². The summed E-state index contributed by atoms with van der Waals surface area (Å²) in [7, 11) is 0. The largest absolute Gasteiger partial charge is 0.396 e. The van der Waals surface area contributed by atoms with Gasteiger partial charge in [-0.05, 0) is 30.0 Å². The van der Waals surface area contributed by atoms with Crippen LogP contribution in [0.3, 0.4) is 0 Å². The molecule has 0 heterocycles. The Morgan fingerprint density at radius 3 is 2.57 bits per heavy atom. The lowest BCUT2D eigenvalue weighted by Crippen LogP contribution is -2.07. The Morgan fingerprint density at radius 2 is 2.07 bits per heavy atom. The molecule has 0 spiro atoms. The summed E-state index contributed by atoms with van der Waals surface area (Å²) in [5, 5.41) is 9.30. The van der Waals surface area contributed by atoms with Crippen molar-refractivity contribution in [3.05, 3.63) is 34.3 Å². The molecule has 0 aliphatic heterocycles. The first-order chi connectivity index (χ1) is 6.63. The van der Waals surface area contributed by atoms with Gasteiger partial charge in [-0.2, -0.15) is 0 Å². The zero-order chi connectivity index (χ0) is 10.6. The van der Waals surface area contributed by atoms with Gasteiger partial charge in [0.2, 0.25) is 0 Å². The van der Waals surface area contributed by atoms with Crippen molar-refractivity contribution in [3.8, 4) is 0 Å². The summed E-state index contributed by atoms with van der Waals surface area (Å²) in [5.41, 5.74) is 1.22. The maximum absolute atomic E-state index is 9.30. The monoisotopic (exact) mass is 256 g/mol. The molecule has 0 bridgehead atoms. The lowest BCUT2D eigenvalue weighted by Gasteiger charge is -2.16. The SMILES string of the molecule is CC(C)CC(CO)c1cccc(Br)c1. The second-order valence-corrected chi connectivity index (χ2v) is 4.98. The third-order valence-corrected chi connectivity index (χ3v) is 2.79. The van der Waals surface area contributed by atoms with Gasteiger partial charge in [0.1, 0.15) is 0 Å². The van der Waals surface area contributed by atoms with E-state index in [1.807, 2.05) is 12.1 Å². The highest BCUT2D eigenvalue weighted by Crippen LogP contribution is 2.25. The van der Waals surface area contributed by atoms with Crippen molar-refractivity contribution in [2.75, 3.05) is 6.61 Å². The number of benzene rings is 1. The van der Waals surface area contributed by atoms with E-state index in [2.05, 4.69) is 41.9 Å². The highest BCUT2D eigenvalue weighted by molar-refractivity contribution is 9.10. The minimum absolute atomic E-state index is 0.231. The zero-order valence-corrected chi connectivity index (χ0v) is 10.3. The van der Waals surface area contributed by atoms with Gasteiger partial charge >= 0.3 is 0 Å². The third kappa shape index (κ3) is 3.43. The maximum Gasteiger partial charge on any atom is 0.0499 e. The molecule has 1 rings (SSSR count). The molecule has 78 valence electrons. The fraction of sp³-hybridized carbons (Fsp3) is 0.500. The molecule has 1 nitrogen and oxygen atoms in total. The van der Waals surface area contributed by atoms with Crippen LogP contribution in [0.5, 0.6) is 0 Å². The Hall–Kier alpha value is -0.340. The number of aliphatic hydroxyl groups excluding tert-OH is 1. The van der Waals surface area contributed by atoms with Crippen LogP contribution in [0.4, 0.5) is 0 Å². The molecule has 0 aliphatic carbocycles. The smallest absolute Gasteiger partial charge is 0.0499 e. The standard InChI is InChI=1S/C12H17BrO/c1-9(2)6-11(8-14)10-4-3-5-12(13)7-10/h3-5,7,9,11,14H,6,8H2,1-2H3. The van der Waals surface area contributed by atoms with Crippen molar-refractivity contribution < 1.29 is 5.11 Å². The van der Waals surface area contributed by atoms with Crippen LogP contribution in [-0.2, 0) is 0 Å². The molecule has 1 unspecified atom stereocenters. The van der Waals surface area contributed by atoms with Gasteiger partial charge in [0.25, 0.3) is 0 Å². The van der Waals surface area contributed by atoms with Crippen LogP contribution in [0.25, 0.3) is 0 Å². The van der Waals surface area contributed by atoms with Crippen LogP contribution in [0.15, 0.2) is 28.7 Å². The highest BCUT2D eigenvalue weighted by Gasteiger charge is 2.12. The second-order valence-electron chi connectivity index (χ2n) is 4.06. The Kier molecular flexibility index (Phi) is 4.63. The Labute approximate surface area is 94.3 Å². The van der Waals surface area contributed by atoms with E-state index in [1.165, 1.54) is 5.56 Å². The van der Waals surface area contributed by atoms with Gasteiger partial charge in [-0.3, -0.25) is 0 Å². The Bertz CT molecular complexity index is 283. The summed E-state index contributed by atoms with van der Waals surface area (Å²) >= 11 is 3.44. The average Bonchev–Trinajstić information content (AvgIpc) is 2.14. The van der Waals surface area contributed by atoms with Crippen LogP contribution < -0.4 is 0 Å². The van der Waals surface area contributed by atoms with Crippen molar-refractivity contribution in [2.24, 2.45) is 5.92 Å². The number of hydrogen-bond donors (Lipinski definition) is 1. The molecule has 1 aromatic carbocycles. The number of aliphatic hydroxyl groups is 1. The molecule has 0 amide bonds. The minimum Gasteiger partial charge on any atom is -0.396 e. The highest BCUT2D eigenvalue weighted by atomic mass is 79.9. The zero-order valence-electron chi connectivity index (χ0n) is 8.70. The molecule has 0 aromatic heterocycles. The van der Waals surface area contributed by atoms with Crippen molar-refractivity contribution in [2.45, 2.75) is 26.2 Å². The van der Waals surface area contributed by atoms with E-state index in [1.54, 1.807) is 0 Å². The first-order valence-corrected chi connectivity index (χ1v) is 5.79. The van der Waals surface area contributed by atoms with E-state index in [0.29, 0.717) is 5.92 Å². The second kappa shape index (κ2) is 5.52. The number of rotatable bonds is 4. The molecule has 1 aromatic rings. The van der Waals surface area contributed by atoms with Crippen molar-refractivity contribution >= 4 is 15.9 Å². The fourth-order valence-electron chi connectivity index (χ4n) is 1.65. The first kappa shape index (κ1) is 11.7. The molecule has 1 atom stereocenters. The van der Waals surface area contributed by atoms with E-state index in [0.717, 1.165) is 10.9 Å². The summed E-state index contributed by atoms with van der Waals surface area (Å²) in [4.78, 5) is 0. The number of hydrogen-bond acceptors (Lipinski definition) is 1. The molecular weight excluding hydrogens is 240 g/mol. The average molecular weight is 257 g/mol. The van der Waals surface area contributed by atoms with E-state index in [4.69, 9.17) is 0 Å².